The fourth-order valence-electron chi connectivity index (χ4n) is 3.32. The maximum Gasteiger partial charge on any atom is 0.0375 e. The van der Waals surface area contributed by atoms with Gasteiger partial charge in [0.25, 0.3) is 0 Å². The lowest BCUT2D eigenvalue weighted by Gasteiger charge is -2.42. The molecule has 0 radical (unpaired) electrons. The topological polar surface area (TPSA) is 0 Å². The molecule has 0 aliphatic heterocycles. The van der Waals surface area contributed by atoms with Gasteiger partial charge in [-0.25, -0.2) is 0 Å². The summed E-state index contributed by atoms with van der Waals surface area (Å²) in [6, 6.07) is 8.98. The second-order valence-electron chi connectivity index (χ2n) is 6.63. The van der Waals surface area contributed by atoms with Crippen LogP contribution in [0.15, 0.2) is 24.3 Å². The molecule has 1 aromatic carbocycles. The molecule has 0 aromatic heterocycles. The van der Waals surface area contributed by atoms with Crippen molar-refractivity contribution in [3.05, 3.63) is 35.4 Å². The fourth-order valence-corrected chi connectivity index (χ4v) is 4.07. The van der Waals surface area contributed by atoms with Crippen LogP contribution in [0.2, 0.25) is 0 Å². The number of halogens is 1. The number of alkyl halides is 1. The quantitative estimate of drug-likeness (QED) is 0.635. The molecule has 2 rings (SSSR count). The van der Waals surface area contributed by atoms with Crippen LogP contribution < -0.4 is 0 Å². The van der Waals surface area contributed by atoms with Gasteiger partial charge < -0.3 is 0 Å². The van der Waals surface area contributed by atoms with E-state index in [0.29, 0.717) is 11.3 Å². The van der Waals surface area contributed by atoms with Crippen molar-refractivity contribution in [3.8, 4) is 0 Å². The van der Waals surface area contributed by atoms with Gasteiger partial charge in [-0.3, -0.25) is 0 Å². The molecule has 1 aromatic rings. The molecular formula is C17H25Cl. The third kappa shape index (κ3) is 2.74. The second kappa shape index (κ2) is 5.25. The van der Waals surface area contributed by atoms with E-state index in [1.165, 1.54) is 30.4 Å². The normalized spacial score (nSPS) is 29.3. The van der Waals surface area contributed by atoms with Crippen LogP contribution in [-0.2, 0) is 5.41 Å². The first-order valence-corrected chi connectivity index (χ1v) is 7.56. The summed E-state index contributed by atoms with van der Waals surface area (Å²) < 4.78 is 0. The molecule has 0 spiro atoms. The Morgan fingerprint density at radius 2 is 1.72 bits per heavy atom. The highest BCUT2D eigenvalue weighted by molar-refractivity contribution is 6.20. The smallest absolute Gasteiger partial charge is 0.0375 e. The average molecular weight is 265 g/mol. The summed E-state index contributed by atoms with van der Waals surface area (Å²) in [4.78, 5) is 0. The Hall–Kier alpha value is -0.490. The minimum Gasteiger partial charge on any atom is -0.123 e. The molecule has 0 bridgehead atoms. The Morgan fingerprint density at radius 3 is 2.28 bits per heavy atom. The minimum absolute atomic E-state index is 0.181. The van der Waals surface area contributed by atoms with Crippen LogP contribution in [0.3, 0.4) is 0 Å². The van der Waals surface area contributed by atoms with E-state index in [4.69, 9.17) is 11.6 Å². The lowest BCUT2D eigenvalue weighted by atomic mass is 9.65. The summed E-state index contributed by atoms with van der Waals surface area (Å²) in [7, 11) is 0. The van der Waals surface area contributed by atoms with E-state index in [1.54, 1.807) is 0 Å². The molecule has 0 amide bonds. The van der Waals surface area contributed by atoms with E-state index in [-0.39, 0.29) is 5.41 Å². The molecule has 3 atom stereocenters. The predicted octanol–water partition coefficient (Wildman–Crippen LogP) is 5.32. The second-order valence-corrected chi connectivity index (χ2v) is 7.19. The first kappa shape index (κ1) is 13.9. The molecule has 3 unspecified atom stereocenters. The van der Waals surface area contributed by atoms with Gasteiger partial charge in [-0.2, -0.15) is 0 Å². The van der Waals surface area contributed by atoms with Gasteiger partial charge >= 0.3 is 0 Å². The molecule has 1 aliphatic carbocycles. The molecule has 0 nitrogen and oxygen atoms in total. The van der Waals surface area contributed by atoms with Gasteiger partial charge in [0.05, 0.1) is 0 Å². The molecule has 1 heteroatoms. The number of rotatable bonds is 2. The third-order valence-electron chi connectivity index (χ3n) is 4.76. The minimum atomic E-state index is 0.181. The summed E-state index contributed by atoms with van der Waals surface area (Å²) >= 11 is 6.64. The van der Waals surface area contributed by atoms with E-state index in [2.05, 4.69) is 52.0 Å². The Labute approximate surface area is 117 Å². The molecule has 1 fully saturated rings. The van der Waals surface area contributed by atoms with Crippen molar-refractivity contribution in [1.29, 1.82) is 0 Å². The van der Waals surface area contributed by atoms with Crippen LogP contribution in [0, 0.1) is 18.8 Å². The van der Waals surface area contributed by atoms with Crippen LogP contribution in [0.1, 0.15) is 51.2 Å². The van der Waals surface area contributed by atoms with Crippen LogP contribution in [-0.4, -0.2) is 5.38 Å². The van der Waals surface area contributed by atoms with Crippen molar-refractivity contribution in [2.24, 2.45) is 11.8 Å². The van der Waals surface area contributed by atoms with E-state index < -0.39 is 0 Å². The largest absolute Gasteiger partial charge is 0.123 e. The molecule has 0 N–H and O–H groups in total. The number of benzene rings is 1. The van der Waals surface area contributed by atoms with Gasteiger partial charge in [0.1, 0.15) is 0 Å². The van der Waals surface area contributed by atoms with Crippen LogP contribution >= 0.6 is 11.6 Å². The highest BCUT2D eigenvalue weighted by Gasteiger charge is 2.38. The van der Waals surface area contributed by atoms with Crippen LogP contribution in [0.25, 0.3) is 0 Å². The molecule has 1 aliphatic rings. The lowest BCUT2D eigenvalue weighted by Crippen LogP contribution is -2.38. The SMILES string of the molecule is Cc1ccc(C(C)(C)C2CCC(C)CC2Cl)cc1. The maximum atomic E-state index is 6.64. The van der Waals surface area contributed by atoms with Gasteiger partial charge in [0.15, 0.2) is 0 Å². The van der Waals surface area contributed by atoms with E-state index >= 15 is 0 Å². The molecule has 1 saturated carbocycles. The highest BCUT2D eigenvalue weighted by Crippen LogP contribution is 2.44. The molecule has 100 valence electrons. The molecule has 0 saturated heterocycles. The van der Waals surface area contributed by atoms with E-state index in [9.17, 15) is 0 Å². The number of aryl methyl sites for hydroxylation is 1. The zero-order valence-corrected chi connectivity index (χ0v) is 12.8. The van der Waals surface area contributed by atoms with E-state index in [1.807, 2.05) is 0 Å². The predicted molar refractivity (Wildman–Crippen MR) is 80.4 cm³/mol. The third-order valence-corrected chi connectivity index (χ3v) is 5.24. The summed E-state index contributed by atoms with van der Waals surface area (Å²) in [5, 5.41) is 0.324. The Bertz CT molecular complexity index is 391. The molecule has 0 heterocycles. The molecule has 18 heavy (non-hydrogen) atoms. The number of hydrogen-bond donors (Lipinski definition) is 0. The summed E-state index contributed by atoms with van der Waals surface area (Å²) in [5.74, 6) is 1.38. The molecular weight excluding hydrogens is 240 g/mol. The van der Waals surface area contributed by atoms with Crippen LogP contribution in [0.4, 0.5) is 0 Å². The lowest BCUT2D eigenvalue weighted by molar-refractivity contribution is 0.207. The van der Waals surface area contributed by atoms with Gasteiger partial charge in [0, 0.05) is 5.38 Å². The summed E-state index contributed by atoms with van der Waals surface area (Å²) in [6.07, 6.45) is 3.75. The van der Waals surface area contributed by atoms with Crippen molar-refractivity contribution in [3.63, 3.8) is 0 Å². The van der Waals surface area contributed by atoms with Crippen molar-refractivity contribution < 1.29 is 0 Å². The Kier molecular flexibility index (Phi) is 4.06. The highest BCUT2D eigenvalue weighted by atomic mass is 35.5. The van der Waals surface area contributed by atoms with Gasteiger partial charge in [-0.05, 0) is 42.6 Å². The zero-order valence-electron chi connectivity index (χ0n) is 12.0. The first-order chi connectivity index (χ1) is 8.41. The van der Waals surface area contributed by atoms with Gasteiger partial charge in [0.2, 0.25) is 0 Å². The maximum absolute atomic E-state index is 6.64. The van der Waals surface area contributed by atoms with E-state index in [0.717, 1.165) is 5.92 Å². The zero-order chi connectivity index (χ0) is 13.3. The van der Waals surface area contributed by atoms with Crippen molar-refractivity contribution >= 4 is 11.6 Å². The summed E-state index contributed by atoms with van der Waals surface area (Å²) in [5.41, 5.74) is 2.94. The van der Waals surface area contributed by atoms with Gasteiger partial charge in [-0.15, -0.1) is 11.6 Å². The van der Waals surface area contributed by atoms with Crippen molar-refractivity contribution in [2.75, 3.05) is 0 Å². The summed E-state index contributed by atoms with van der Waals surface area (Å²) in [6.45, 7) is 9.18. The Balaban J connectivity index is 2.22. The van der Waals surface area contributed by atoms with Crippen molar-refractivity contribution in [2.45, 2.75) is 57.7 Å². The standard InChI is InChI=1S/C17H25Cl/c1-12-5-8-14(9-6-12)17(3,4)15-10-7-13(2)11-16(15)18/h5-6,8-9,13,15-16H,7,10-11H2,1-4H3. The fraction of sp³-hybridized carbons (Fsp3) is 0.647. The van der Waals surface area contributed by atoms with Gasteiger partial charge in [-0.1, -0.05) is 57.0 Å². The average Bonchev–Trinajstić information content (AvgIpc) is 2.29. The van der Waals surface area contributed by atoms with Crippen molar-refractivity contribution in [1.82, 2.24) is 0 Å². The number of hydrogen-bond acceptors (Lipinski definition) is 0. The first-order valence-electron chi connectivity index (χ1n) is 7.12. The van der Waals surface area contributed by atoms with Crippen LogP contribution in [0.5, 0.6) is 0 Å². The Morgan fingerprint density at radius 1 is 1.11 bits per heavy atom. The monoisotopic (exact) mass is 264 g/mol.